The van der Waals surface area contributed by atoms with E-state index in [-0.39, 0.29) is 44.2 Å². The molecule has 0 bridgehead atoms. The van der Waals surface area contributed by atoms with Gasteiger partial charge in [-0.05, 0) is 17.4 Å². The first-order valence-corrected chi connectivity index (χ1v) is 5.72. The second-order valence-electron chi connectivity index (χ2n) is 5.43. The van der Waals surface area contributed by atoms with Gasteiger partial charge in [-0.3, -0.25) is 9.59 Å². The maximum absolute atomic E-state index is 11.5. The van der Waals surface area contributed by atoms with Gasteiger partial charge in [0.25, 0.3) is 0 Å². The fraction of sp³-hybridized carbons (Fsp3) is 0.429. The number of hydrogen-bond acceptors (Lipinski definition) is 2. The van der Waals surface area contributed by atoms with Crippen LogP contribution in [0, 0.1) is 10.8 Å². The molecule has 4 nitrogen and oxygen atoms in total. The summed E-state index contributed by atoms with van der Waals surface area (Å²) in [6.45, 7) is 4.91. The molecule has 0 aliphatic carbocycles. The van der Waals surface area contributed by atoms with E-state index in [1.165, 1.54) is 0 Å². The molecule has 0 saturated carbocycles. The Morgan fingerprint density at radius 1 is 1.00 bits per heavy atom. The summed E-state index contributed by atoms with van der Waals surface area (Å²) >= 11 is 0. The van der Waals surface area contributed by atoms with Gasteiger partial charge in [0, 0.05) is 0 Å². The van der Waals surface area contributed by atoms with Gasteiger partial charge in [-0.2, -0.15) is 0 Å². The summed E-state index contributed by atoms with van der Waals surface area (Å²) < 4.78 is 0. The molecule has 0 heterocycles. The number of rotatable bonds is 4. The van der Waals surface area contributed by atoms with E-state index in [0.29, 0.717) is 5.56 Å². The van der Waals surface area contributed by atoms with Crippen molar-refractivity contribution in [2.45, 2.75) is 27.2 Å². The molecule has 5 heteroatoms. The topological polar surface area (TPSA) is 74.6 Å². The average molecular weight is 292 g/mol. The fourth-order valence-corrected chi connectivity index (χ4v) is 2.05. The zero-order chi connectivity index (χ0) is 14.0. The van der Waals surface area contributed by atoms with Crippen LogP contribution in [0.15, 0.2) is 30.3 Å². The van der Waals surface area contributed by atoms with Gasteiger partial charge in [-0.1, -0.05) is 51.1 Å². The van der Waals surface area contributed by atoms with Crippen LogP contribution < -0.4 is 0 Å². The van der Waals surface area contributed by atoms with E-state index in [2.05, 4.69) is 0 Å². The Kier molecular flexibility index (Phi) is 6.52. The molecule has 0 aliphatic rings. The Hall–Kier alpha value is -0.580. The number of aliphatic carboxylic acids is 2. The third-order valence-electron chi connectivity index (χ3n) is 3.32. The van der Waals surface area contributed by atoms with Gasteiger partial charge in [0.05, 0.1) is 0 Å². The molecule has 102 valence electrons. The summed E-state index contributed by atoms with van der Waals surface area (Å²) in [6, 6.07) is 8.83. The van der Waals surface area contributed by atoms with Crippen LogP contribution in [0.5, 0.6) is 0 Å². The molecule has 0 fully saturated rings. The Balaban J connectivity index is 0.00000324. The van der Waals surface area contributed by atoms with Crippen molar-refractivity contribution in [3.63, 3.8) is 0 Å². The van der Waals surface area contributed by atoms with Crippen molar-refractivity contribution in [1.29, 1.82) is 0 Å². The van der Waals surface area contributed by atoms with Crippen molar-refractivity contribution in [3.05, 3.63) is 35.9 Å². The van der Waals surface area contributed by atoms with E-state index >= 15 is 0 Å². The van der Waals surface area contributed by atoms with E-state index in [9.17, 15) is 19.8 Å². The van der Waals surface area contributed by atoms with Crippen LogP contribution >= 0.6 is 0 Å². The van der Waals surface area contributed by atoms with Crippen LogP contribution in [-0.4, -0.2) is 59.9 Å². The molecule has 1 rings (SSSR count). The van der Waals surface area contributed by atoms with Gasteiger partial charge in [-0.15, -0.1) is 0 Å². The first-order chi connectivity index (χ1) is 8.22. The molecule has 0 unspecified atom stereocenters. The van der Waals surface area contributed by atoms with Crippen LogP contribution in [0.4, 0.5) is 0 Å². The van der Waals surface area contributed by atoms with Crippen LogP contribution in [0.3, 0.4) is 0 Å². The summed E-state index contributed by atoms with van der Waals surface area (Å²) in [7, 11) is 0. The SMILES string of the molecule is CC(C)(C)C(Cc1ccccc1)(C(=O)O)C(=O)O.[CaH2]. The number of carboxylic acid groups (broad SMARTS) is 2. The van der Waals surface area contributed by atoms with E-state index in [4.69, 9.17) is 0 Å². The van der Waals surface area contributed by atoms with Crippen molar-refractivity contribution in [3.8, 4) is 0 Å². The molecule has 1 aromatic rings. The Bertz CT molecular complexity index is 434. The van der Waals surface area contributed by atoms with Crippen molar-refractivity contribution >= 4 is 49.7 Å². The predicted molar refractivity (Wildman–Crippen MR) is 75.8 cm³/mol. The molecule has 0 saturated heterocycles. The van der Waals surface area contributed by atoms with Crippen LogP contribution in [-0.2, 0) is 16.0 Å². The average Bonchev–Trinajstić information content (AvgIpc) is 2.24. The Morgan fingerprint density at radius 2 is 1.42 bits per heavy atom. The fourth-order valence-electron chi connectivity index (χ4n) is 2.05. The van der Waals surface area contributed by atoms with Gasteiger partial charge < -0.3 is 10.2 Å². The Labute approximate surface area is 142 Å². The summed E-state index contributed by atoms with van der Waals surface area (Å²) in [5, 5.41) is 18.8. The van der Waals surface area contributed by atoms with Crippen LogP contribution in [0.2, 0.25) is 0 Å². The summed E-state index contributed by atoms with van der Waals surface area (Å²) in [6.07, 6.45) is -0.0258. The number of benzene rings is 1. The molecule has 2 N–H and O–H groups in total. The zero-order valence-corrected chi connectivity index (χ0v) is 10.8. The molecule has 0 amide bonds. The standard InChI is InChI=1S/C14H18O4.Ca.2H/c1-13(2,3)14(11(15)16,12(17)18)9-10-7-5-4-6-8-10;;;/h4-8H,9H2,1-3H3,(H,15,16)(H,17,18);;;. The van der Waals surface area contributed by atoms with Gasteiger partial charge in [0.15, 0.2) is 5.41 Å². The third-order valence-corrected chi connectivity index (χ3v) is 3.32. The number of carbonyl (C=O) groups is 2. The molecule has 19 heavy (non-hydrogen) atoms. The number of hydrogen-bond donors (Lipinski definition) is 2. The maximum atomic E-state index is 11.5. The van der Waals surface area contributed by atoms with E-state index in [1.54, 1.807) is 45.0 Å². The van der Waals surface area contributed by atoms with Gasteiger partial charge >= 0.3 is 49.7 Å². The number of carboxylic acids is 2. The predicted octanol–water partition coefficient (Wildman–Crippen LogP) is 1.51. The van der Waals surface area contributed by atoms with E-state index < -0.39 is 22.8 Å². The van der Waals surface area contributed by atoms with Crippen molar-refractivity contribution in [1.82, 2.24) is 0 Å². The summed E-state index contributed by atoms with van der Waals surface area (Å²) in [5.74, 6) is -2.60. The second kappa shape index (κ2) is 6.73. The molecule has 0 aliphatic heterocycles. The van der Waals surface area contributed by atoms with E-state index in [0.717, 1.165) is 0 Å². The normalized spacial score (nSPS) is 11.5. The first-order valence-electron chi connectivity index (χ1n) is 5.72. The Morgan fingerprint density at radius 3 is 1.74 bits per heavy atom. The van der Waals surface area contributed by atoms with E-state index in [1.807, 2.05) is 6.07 Å². The monoisotopic (exact) mass is 292 g/mol. The van der Waals surface area contributed by atoms with Crippen LogP contribution in [0.1, 0.15) is 26.3 Å². The molecular formula is C14H20CaO4. The minimum atomic E-state index is -1.83. The quantitative estimate of drug-likeness (QED) is 0.651. The van der Waals surface area contributed by atoms with Gasteiger partial charge in [0.2, 0.25) is 0 Å². The van der Waals surface area contributed by atoms with Crippen molar-refractivity contribution in [2.75, 3.05) is 0 Å². The zero-order valence-electron chi connectivity index (χ0n) is 10.8. The first kappa shape index (κ1) is 18.4. The minimum absolute atomic E-state index is 0. The second-order valence-corrected chi connectivity index (χ2v) is 5.43. The van der Waals surface area contributed by atoms with Crippen molar-refractivity contribution in [2.24, 2.45) is 10.8 Å². The molecule has 0 radical (unpaired) electrons. The molecular weight excluding hydrogens is 272 g/mol. The van der Waals surface area contributed by atoms with Gasteiger partial charge in [-0.25, -0.2) is 0 Å². The van der Waals surface area contributed by atoms with Gasteiger partial charge in [0.1, 0.15) is 0 Å². The molecule has 1 aromatic carbocycles. The molecule has 0 atom stereocenters. The van der Waals surface area contributed by atoms with Crippen LogP contribution in [0.25, 0.3) is 0 Å². The van der Waals surface area contributed by atoms with Crippen molar-refractivity contribution < 1.29 is 19.8 Å². The third kappa shape index (κ3) is 3.71. The molecule has 0 aromatic heterocycles. The summed E-state index contributed by atoms with van der Waals surface area (Å²) in [5.41, 5.74) is -2.01. The molecule has 0 spiro atoms. The summed E-state index contributed by atoms with van der Waals surface area (Å²) in [4.78, 5) is 23.1.